The van der Waals surface area contributed by atoms with Gasteiger partial charge in [0.1, 0.15) is 5.82 Å². The fraction of sp³-hybridized carbons (Fsp3) is 0.143. The molecule has 0 spiro atoms. The van der Waals surface area contributed by atoms with Crippen molar-refractivity contribution in [3.05, 3.63) is 29.8 Å². The third kappa shape index (κ3) is 1.73. The van der Waals surface area contributed by atoms with Crippen LogP contribution in [0.3, 0.4) is 0 Å². The number of hydrogen-bond acceptors (Lipinski definition) is 3. The van der Waals surface area contributed by atoms with Crippen LogP contribution in [0.25, 0.3) is 0 Å². The van der Waals surface area contributed by atoms with Crippen LogP contribution in [0.2, 0.25) is 0 Å². The second-order valence-corrected chi connectivity index (χ2v) is 2.08. The minimum atomic E-state index is -0.439. The molecule has 0 aromatic carbocycles. The number of rotatable bonds is 1. The molecule has 1 aromatic heterocycles. The lowest BCUT2D eigenvalue weighted by Crippen LogP contribution is -1.95. The van der Waals surface area contributed by atoms with Gasteiger partial charge in [0.05, 0.1) is 11.9 Å². The van der Waals surface area contributed by atoms with Gasteiger partial charge in [-0.25, -0.2) is 4.39 Å². The normalized spacial score (nSPS) is 11.6. The van der Waals surface area contributed by atoms with Crippen LogP contribution >= 0.6 is 0 Å². The molecule has 11 heavy (non-hydrogen) atoms. The van der Waals surface area contributed by atoms with Crippen LogP contribution in [0, 0.1) is 5.82 Å². The van der Waals surface area contributed by atoms with Crippen molar-refractivity contribution in [1.82, 2.24) is 4.98 Å². The van der Waals surface area contributed by atoms with E-state index in [2.05, 4.69) is 10.1 Å². The SMILES string of the molecule is C/C(=N/O)c1cncc(F)c1. The Labute approximate surface area is 63.2 Å². The fourth-order valence-corrected chi connectivity index (χ4v) is 0.667. The molecule has 0 atom stereocenters. The summed E-state index contributed by atoms with van der Waals surface area (Å²) in [5, 5.41) is 11.2. The first kappa shape index (κ1) is 7.65. The maximum Gasteiger partial charge on any atom is 0.142 e. The molecule has 0 amide bonds. The van der Waals surface area contributed by atoms with Crippen LogP contribution in [0.4, 0.5) is 4.39 Å². The zero-order chi connectivity index (χ0) is 8.27. The van der Waals surface area contributed by atoms with E-state index < -0.39 is 5.82 Å². The van der Waals surface area contributed by atoms with Crippen molar-refractivity contribution < 1.29 is 9.60 Å². The standard InChI is InChI=1S/C7H7FN2O/c1-5(10-11)6-2-7(8)4-9-3-6/h2-4,11H,1H3/b10-5-. The molecule has 0 saturated heterocycles. The van der Waals surface area contributed by atoms with Crippen molar-refractivity contribution in [3.63, 3.8) is 0 Å². The highest BCUT2D eigenvalue weighted by atomic mass is 19.1. The fourth-order valence-electron chi connectivity index (χ4n) is 0.667. The van der Waals surface area contributed by atoms with Gasteiger partial charge in [-0.15, -0.1) is 0 Å². The molecule has 1 rings (SSSR count). The number of halogens is 1. The Morgan fingerprint density at radius 3 is 2.91 bits per heavy atom. The minimum Gasteiger partial charge on any atom is -0.411 e. The van der Waals surface area contributed by atoms with Crippen LogP contribution in [0.1, 0.15) is 12.5 Å². The van der Waals surface area contributed by atoms with Crippen molar-refractivity contribution in [1.29, 1.82) is 0 Å². The molecule has 0 saturated carbocycles. The monoisotopic (exact) mass is 154 g/mol. The second kappa shape index (κ2) is 3.09. The summed E-state index contributed by atoms with van der Waals surface area (Å²) in [5.74, 6) is -0.439. The predicted molar refractivity (Wildman–Crippen MR) is 38.2 cm³/mol. The summed E-state index contributed by atoms with van der Waals surface area (Å²) in [6.07, 6.45) is 2.52. The van der Waals surface area contributed by atoms with Gasteiger partial charge in [0.25, 0.3) is 0 Å². The second-order valence-electron chi connectivity index (χ2n) is 2.08. The van der Waals surface area contributed by atoms with Crippen molar-refractivity contribution in [3.8, 4) is 0 Å². The number of aromatic nitrogens is 1. The van der Waals surface area contributed by atoms with E-state index in [0.717, 1.165) is 6.20 Å². The highest BCUT2D eigenvalue weighted by Crippen LogP contribution is 2.01. The summed E-state index contributed by atoms with van der Waals surface area (Å²) in [6, 6.07) is 1.25. The van der Waals surface area contributed by atoms with Gasteiger partial charge in [0.2, 0.25) is 0 Å². The zero-order valence-corrected chi connectivity index (χ0v) is 5.95. The summed E-state index contributed by atoms with van der Waals surface area (Å²) in [5.41, 5.74) is 0.824. The van der Waals surface area contributed by atoms with E-state index in [4.69, 9.17) is 5.21 Å². The third-order valence-electron chi connectivity index (χ3n) is 1.27. The molecular formula is C7H7FN2O. The van der Waals surface area contributed by atoms with E-state index in [1.165, 1.54) is 12.3 Å². The number of pyridine rings is 1. The zero-order valence-electron chi connectivity index (χ0n) is 5.95. The van der Waals surface area contributed by atoms with E-state index in [-0.39, 0.29) is 0 Å². The van der Waals surface area contributed by atoms with E-state index in [9.17, 15) is 4.39 Å². The average Bonchev–Trinajstić information content (AvgIpc) is 2.03. The molecule has 1 N–H and O–H groups in total. The summed E-state index contributed by atoms with van der Waals surface area (Å²) in [4.78, 5) is 3.59. The first-order valence-electron chi connectivity index (χ1n) is 3.03. The van der Waals surface area contributed by atoms with Crippen molar-refractivity contribution in [2.45, 2.75) is 6.92 Å². The molecule has 0 aliphatic carbocycles. The van der Waals surface area contributed by atoms with Crippen molar-refractivity contribution >= 4 is 5.71 Å². The van der Waals surface area contributed by atoms with Crippen LogP contribution in [-0.2, 0) is 0 Å². The van der Waals surface area contributed by atoms with E-state index >= 15 is 0 Å². The minimum absolute atomic E-state index is 0.344. The Balaban J connectivity index is 3.06. The first-order valence-corrected chi connectivity index (χ1v) is 3.03. The number of nitrogens with zero attached hydrogens (tertiary/aromatic N) is 2. The summed E-state index contributed by atoms with van der Waals surface area (Å²) in [7, 11) is 0. The lowest BCUT2D eigenvalue weighted by atomic mass is 10.2. The van der Waals surface area contributed by atoms with Crippen LogP contribution in [0.5, 0.6) is 0 Å². The Morgan fingerprint density at radius 1 is 1.64 bits per heavy atom. The molecule has 3 nitrogen and oxygen atoms in total. The van der Waals surface area contributed by atoms with Crippen LogP contribution in [-0.4, -0.2) is 15.9 Å². The quantitative estimate of drug-likeness (QED) is 0.377. The lowest BCUT2D eigenvalue weighted by molar-refractivity contribution is 0.319. The number of hydrogen-bond donors (Lipinski definition) is 1. The van der Waals surface area contributed by atoms with E-state index in [1.807, 2.05) is 0 Å². The first-order chi connectivity index (χ1) is 5.24. The Bertz CT molecular complexity index is 286. The molecular weight excluding hydrogens is 147 g/mol. The Kier molecular flexibility index (Phi) is 2.15. The molecule has 1 heterocycles. The van der Waals surface area contributed by atoms with Crippen LogP contribution < -0.4 is 0 Å². The largest absolute Gasteiger partial charge is 0.411 e. The van der Waals surface area contributed by atoms with Gasteiger partial charge >= 0.3 is 0 Å². The molecule has 0 unspecified atom stereocenters. The lowest BCUT2D eigenvalue weighted by Gasteiger charge is -1.95. The smallest absolute Gasteiger partial charge is 0.142 e. The van der Waals surface area contributed by atoms with Gasteiger partial charge in [-0.3, -0.25) is 4.98 Å². The summed E-state index contributed by atoms with van der Waals surface area (Å²) in [6.45, 7) is 1.57. The molecule has 4 heteroatoms. The molecule has 0 radical (unpaired) electrons. The molecule has 0 aliphatic heterocycles. The predicted octanol–water partition coefficient (Wildman–Crippen LogP) is 1.42. The summed E-state index contributed by atoms with van der Waals surface area (Å²) >= 11 is 0. The Hall–Kier alpha value is -1.45. The van der Waals surface area contributed by atoms with Crippen molar-refractivity contribution in [2.24, 2.45) is 5.16 Å². The Morgan fingerprint density at radius 2 is 2.36 bits per heavy atom. The van der Waals surface area contributed by atoms with Gasteiger partial charge in [0.15, 0.2) is 0 Å². The molecule has 0 aliphatic rings. The summed E-state index contributed by atoms with van der Waals surface area (Å²) < 4.78 is 12.5. The van der Waals surface area contributed by atoms with E-state index in [1.54, 1.807) is 6.92 Å². The van der Waals surface area contributed by atoms with E-state index in [0.29, 0.717) is 11.3 Å². The third-order valence-corrected chi connectivity index (χ3v) is 1.27. The van der Waals surface area contributed by atoms with Gasteiger partial charge in [-0.2, -0.15) is 0 Å². The molecule has 0 bridgehead atoms. The highest BCUT2D eigenvalue weighted by molar-refractivity contribution is 5.97. The molecule has 0 fully saturated rings. The highest BCUT2D eigenvalue weighted by Gasteiger charge is 1.98. The van der Waals surface area contributed by atoms with Crippen molar-refractivity contribution in [2.75, 3.05) is 0 Å². The number of oxime groups is 1. The maximum absolute atomic E-state index is 12.5. The van der Waals surface area contributed by atoms with Gasteiger partial charge < -0.3 is 5.21 Å². The van der Waals surface area contributed by atoms with Crippen LogP contribution in [0.15, 0.2) is 23.6 Å². The van der Waals surface area contributed by atoms with Gasteiger partial charge in [-0.1, -0.05) is 5.16 Å². The topological polar surface area (TPSA) is 45.5 Å². The average molecular weight is 154 g/mol. The molecule has 1 aromatic rings. The molecule has 58 valence electrons. The maximum atomic E-state index is 12.5. The van der Waals surface area contributed by atoms with Gasteiger partial charge in [-0.05, 0) is 13.0 Å². The van der Waals surface area contributed by atoms with Gasteiger partial charge in [0, 0.05) is 11.8 Å².